The lowest BCUT2D eigenvalue weighted by atomic mass is 10.0. The Morgan fingerprint density at radius 1 is 1.07 bits per heavy atom. The highest BCUT2D eigenvalue weighted by Crippen LogP contribution is 2.26. The van der Waals surface area contributed by atoms with Crippen LogP contribution in [0.4, 0.5) is 0 Å². The summed E-state index contributed by atoms with van der Waals surface area (Å²) in [6, 6.07) is 14.9. The van der Waals surface area contributed by atoms with Gasteiger partial charge in [0.25, 0.3) is 0 Å². The lowest BCUT2D eigenvalue weighted by Crippen LogP contribution is -2.45. The quantitative estimate of drug-likeness (QED) is 0.723. The summed E-state index contributed by atoms with van der Waals surface area (Å²) in [5, 5.41) is 2.89. The van der Waals surface area contributed by atoms with Gasteiger partial charge < -0.3 is 10.2 Å². The Kier molecular flexibility index (Phi) is 6.66. The smallest absolute Gasteiger partial charge is 0.247 e. The van der Waals surface area contributed by atoms with Crippen molar-refractivity contribution in [3.8, 4) is 0 Å². The van der Waals surface area contributed by atoms with E-state index in [0.29, 0.717) is 13.0 Å². The molecule has 3 rings (SSSR count). The van der Waals surface area contributed by atoms with E-state index in [-0.39, 0.29) is 23.3 Å². The summed E-state index contributed by atoms with van der Waals surface area (Å²) in [5.41, 5.74) is 1.54. The molecule has 2 aromatic rings. The molecule has 154 valence electrons. The summed E-state index contributed by atoms with van der Waals surface area (Å²) in [6.45, 7) is 0.798. The standard InChI is InChI=1S/C21H25N3O4S/c1-22-29(27,28)18-12-10-16(11-13-18)15-23-21(26)20(17-7-3-2-4-8-17)24-14-6-5-9-19(24)25/h2-4,7-8,10-13,20,22H,5-6,9,14-15H2,1H3,(H,23,26). The lowest BCUT2D eigenvalue weighted by Gasteiger charge is -2.34. The molecule has 7 nitrogen and oxygen atoms in total. The number of nitrogens with one attached hydrogen (secondary N) is 2. The van der Waals surface area contributed by atoms with Gasteiger partial charge in [-0.25, -0.2) is 13.1 Å². The first kappa shape index (κ1) is 21.0. The van der Waals surface area contributed by atoms with Gasteiger partial charge in [-0.3, -0.25) is 9.59 Å². The van der Waals surface area contributed by atoms with Gasteiger partial charge >= 0.3 is 0 Å². The molecule has 1 aliphatic heterocycles. The molecular weight excluding hydrogens is 390 g/mol. The average Bonchev–Trinajstić information content (AvgIpc) is 2.75. The highest BCUT2D eigenvalue weighted by atomic mass is 32.2. The van der Waals surface area contributed by atoms with Gasteiger partial charge in [0.2, 0.25) is 21.8 Å². The maximum absolute atomic E-state index is 13.0. The Bertz CT molecular complexity index is 959. The average molecular weight is 416 g/mol. The Morgan fingerprint density at radius 3 is 2.38 bits per heavy atom. The van der Waals surface area contributed by atoms with E-state index in [2.05, 4.69) is 10.0 Å². The van der Waals surface area contributed by atoms with Gasteiger partial charge in [0.15, 0.2) is 0 Å². The molecule has 2 aromatic carbocycles. The molecule has 0 aromatic heterocycles. The number of sulfonamides is 1. The fraction of sp³-hybridized carbons (Fsp3) is 0.333. The summed E-state index contributed by atoms with van der Waals surface area (Å²) in [6.07, 6.45) is 2.18. The molecule has 29 heavy (non-hydrogen) atoms. The number of piperidine rings is 1. The molecule has 8 heteroatoms. The van der Waals surface area contributed by atoms with Crippen LogP contribution < -0.4 is 10.0 Å². The molecular formula is C21H25N3O4S. The molecule has 1 fully saturated rings. The fourth-order valence-electron chi connectivity index (χ4n) is 3.40. The van der Waals surface area contributed by atoms with Crippen molar-refractivity contribution in [1.82, 2.24) is 14.9 Å². The van der Waals surface area contributed by atoms with Gasteiger partial charge in [-0.15, -0.1) is 0 Å². The Hall–Kier alpha value is -2.71. The van der Waals surface area contributed by atoms with Crippen LogP contribution >= 0.6 is 0 Å². The summed E-state index contributed by atoms with van der Waals surface area (Å²) >= 11 is 0. The molecule has 0 saturated carbocycles. The van der Waals surface area contributed by atoms with E-state index in [4.69, 9.17) is 0 Å². The van der Waals surface area contributed by atoms with Crippen molar-refractivity contribution >= 4 is 21.8 Å². The minimum absolute atomic E-state index is 0.0121. The first-order chi connectivity index (χ1) is 13.9. The van der Waals surface area contributed by atoms with E-state index in [1.807, 2.05) is 30.3 Å². The maximum Gasteiger partial charge on any atom is 0.247 e. The molecule has 0 spiro atoms. The van der Waals surface area contributed by atoms with Crippen LogP contribution in [0.5, 0.6) is 0 Å². The van der Waals surface area contributed by atoms with E-state index in [0.717, 1.165) is 24.0 Å². The number of rotatable bonds is 7. The van der Waals surface area contributed by atoms with Gasteiger partial charge in [-0.2, -0.15) is 0 Å². The first-order valence-corrected chi connectivity index (χ1v) is 11.1. The van der Waals surface area contributed by atoms with Crippen molar-refractivity contribution in [2.75, 3.05) is 13.6 Å². The van der Waals surface area contributed by atoms with E-state index >= 15 is 0 Å². The van der Waals surface area contributed by atoms with Crippen LogP contribution in [0.1, 0.15) is 36.4 Å². The molecule has 2 amide bonds. The number of carbonyl (C=O) groups is 2. The number of hydrogen-bond acceptors (Lipinski definition) is 4. The van der Waals surface area contributed by atoms with Gasteiger partial charge in [0.1, 0.15) is 6.04 Å². The third-order valence-electron chi connectivity index (χ3n) is 5.00. The normalized spacial score (nSPS) is 15.8. The predicted molar refractivity (Wildman–Crippen MR) is 109 cm³/mol. The van der Waals surface area contributed by atoms with E-state index in [9.17, 15) is 18.0 Å². The van der Waals surface area contributed by atoms with Crippen molar-refractivity contribution in [2.24, 2.45) is 0 Å². The molecule has 2 N–H and O–H groups in total. The molecule has 1 unspecified atom stereocenters. The second-order valence-corrected chi connectivity index (χ2v) is 8.81. The second-order valence-electron chi connectivity index (χ2n) is 6.93. The van der Waals surface area contributed by atoms with Crippen LogP contribution in [0, 0.1) is 0 Å². The van der Waals surface area contributed by atoms with Gasteiger partial charge in [0.05, 0.1) is 4.90 Å². The van der Waals surface area contributed by atoms with Crippen molar-refractivity contribution in [1.29, 1.82) is 0 Å². The van der Waals surface area contributed by atoms with Crippen molar-refractivity contribution in [2.45, 2.75) is 36.7 Å². The van der Waals surface area contributed by atoms with Crippen LogP contribution in [-0.4, -0.2) is 38.7 Å². The number of likely N-dealkylation sites (tertiary alicyclic amines) is 1. The largest absolute Gasteiger partial charge is 0.350 e. The third kappa shape index (κ3) is 5.02. The molecule has 0 aliphatic carbocycles. The predicted octanol–water partition coefficient (Wildman–Crippen LogP) is 1.96. The van der Waals surface area contributed by atoms with E-state index in [1.165, 1.54) is 19.2 Å². The zero-order valence-corrected chi connectivity index (χ0v) is 17.1. The van der Waals surface area contributed by atoms with Gasteiger partial charge in [-0.1, -0.05) is 42.5 Å². The van der Waals surface area contributed by atoms with Crippen LogP contribution in [-0.2, 0) is 26.2 Å². The number of amides is 2. The highest BCUT2D eigenvalue weighted by molar-refractivity contribution is 7.89. The Balaban J connectivity index is 1.74. The zero-order valence-electron chi connectivity index (χ0n) is 16.3. The number of nitrogens with zero attached hydrogens (tertiary/aromatic N) is 1. The summed E-state index contributed by atoms with van der Waals surface area (Å²) in [4.78, 5) is 27.3. The summed E-state index contributed by atoms with van der Waals surface area (Å²) in [7, 11) is -2.14. The maximum atomic E-state index is 13.0. The monoisotopic (exact) mass is 415 g/mol. The van der Waals surface area contributed by atoms with Gasteiger partial charge in [0, 0.05) is 19.5 Å². The number of benzene rings is 2. The zero-order chi connectivity index (χ0) is 20.9. The minimum atomic E-state index is -3.50. The van der Waals surface area contributed by atoms with E-state index < -0.39 is 16.1 Å². The number of hydrogen-bond donors (Lipinski definition) is 2. The molecule has 1 aliphatic rings. The molecule has 1 saturated heterocycles. The first-order valence-electron chi connectivity index (χ1n) is 9.57. The van der Waals surface area contributed by atoms with Crippen molar-refractivity contribution < 1.29 is 18.0 Å². The lowest BCUT2D eigenvalue weighted by molar-refractivity contribution is -0.142. The second kappa shape index (κ2) is 9.19. The topological polar surface area (TPSA) is 95.6 Å². The van der Waals surface area contributed by atoms with Gasteiger partial charge in [-0.05, 0) is 43.1 Å². The van der Waals surface area contributed by atoms with Crippen molar-refractivity contribution in [3.05, 3.63) is 65.7 Å². The minimum Gasteiger partial charge on any atom is -0.350 e. The van der Waals surface area contributed by atoms with Crippen molar-refractivity contribution in [3.63, 3.8) is 0 Å². The molecule has 0 radical (unpaired) electrons. The van der Waals surface area contributed by atoms with Crippen LogP contribution in [0.15, 0.2) is 59.5 Å². The molecule has 1 atom stereocenters. The van der Waals surface area contributed by atoms with Crippen LogP contribution in [0.2, 0.25) is 0 Å². The van der Waals surface area contributed by atoms with Crippen LogP contribution in [0.3, 0.4) is 0 Å². The Morgan fingerprint density at radius 2 is 1.76 bits per heavy atom. The van der Waals surface area contributed by atoms with E-state index in [1.54, 1.807) is 17.0 Å². The molecule has 0 bridgehead atoms. The molecule has 1 heterocycles. The summed E-state index contributed by atoms with van der Waals surface area (Å²) in [5.74, 6) is -0.264. The van der Waals surface area contributed by atoms with Crippen LogP contribution in [0.25, 0.3) is 0 Å². The highest BCUT2D eigenvalue weighted by Gasteiger charge is 2.32. The SMILES string of the molecule is CNS(=O)(=O)c1ccc(CNC(=O)C(c2ccccc2)N2CCCCC2=O)cc1. The number of carbonyl (C=O) groups excluding carboxylic acids is 2. The third-order valence-corrected chi connectivity index (χ3v) is 6.43. The fourth-order valence-corrected chi connectivity index (χ4v) is 4.13. The Labute approximate surface area is 171 Å². The summed E-state index contributed by atoms with van der Waals surface area (Å²) < 4.78 is 25.9.